The van der Waals surface area contributed by atoms with Crippen molar-refractivity contribution >= 4 is 11.5 Å². The first-order valence-electron chi connectivity index (χ1n) is 3.89. The Labute approximate surface area is 74.9 Å². The van der Waals surface area contributed by atoms with Gasteiger partial charge in [0.1, 0.15) is 11.5 Å². The number of aromatic hydroxyl groups is 1. The number of anilines is 1. The number of nitrogen functional groups attached to an aromatic ring is 1. The number of hydrogen-bond donors (Lipinski definition) is 2. The Hall–Kier alpha value is -1.71. The second kappa shape index (κ2) is 2.39. The highest BCUT2D eigenvalue weighted by atomic mass is 16.5. The average Bonchev–Trinajstić information content (AvgIpc) is 2.45. The largest absolute Gasteiger partial charge is 0.505 e. The van der Waals surface area contributed by atoms with Gasteiger partial charge in [0, 0.05) is 5.56 Å². The Balaban J connectivity index is 2.74. The first-order chi connectivity index (χ1) is 6.11. The highest BCUT2D eigenvalue weighted by molar-refractivity contribution is 6.04. The molecule has 1 aromatic rings. The van der Waals surface area contributed by atoms with Crippen molar-refractivity contribution in [3.8, 4) is 11.5 Å². The molecule has 1 aromatic carbocycles. The van der Waals surface area contributed by atoms with E-state index in [0.717, 1.165) is 0 Å². The minimum atomic E-state index is -0.0928. The minimum Gasteiger partial charge on any atom is -0.505 e. The van der Waals surface area contributed by atoms with Gasteiger partial charge in [0.25, 0.3) is 0 Å². The predicted octanol–water partition coefficient (Wildman–Crippen LogP) is 0.858. The number of fused-ring (bicyclic) bond motifs is 1. The van der Waals surface area contributed by atoms with Gasteiger partial charge in [-0.2, -0.15) is 0 Å². The van der Waals surface area contributed by atoms with Crippen molar-refractivity contribution in [2.24, 2.45) is 0 Å². The molecule has 0 atom stereocenters. The van der Waals surface area contributed by atoms with Gasteiger partial charge in [0.05, 0.1) is 11.3 Å². The first-order valence-corrected chi connectivity index (χ1v) is 3.89. The van der Waals surface area contributed by atoms with Crippen LogP contribution >= 0.6 is 0 Å². The third kappa shape index (κ3) is 0.950. The zero-order valence-corrected chi connectivity index (χ0v) is 7.13. The van der Waals surface area contributed by atoms with E-state index in [0.29, 0.717) is 16.9 Å². The molecular formula is C9H9NO3. The van der Waals surface area contributed by atoms with Crippen LogP contribution in [0.3, 0.4) is 0 Å². The molecule has 0 aliphatic carbocycles. The molecular weight excluding hydrogens is 170 g/mol. The molecule has 1 heterocycles. The summed E-state index contributed by atoms with van der Waals surface area (Å²) in [5, 5.41) is 9.44. The SMILES string of the molecule is Cc1c(O)c(N)cc2c1OCC2=O. The summed E-state index contributed by atoms with van der Waals surface area (Å²) in [5.74, 6) is 0.356. The van der Waals surface area contributed by atoms with Crippen LogP contribution in [-0.4, -0.2) is 17.5 Å². The van der Waals surface area contributed by atoms with E-state index in [1.807, 2.05) is 0 Å². The van der Waals surface area contributed by atoms with Crippen molar-refractivity contribution in [1.29, 1.82) is 0 Å². The molecule has 3 N–H and O–H groups in total. The van der Waals surface area contributed by atoms with Crippen molar-refractivity contribution in [3.63, 3.8) is 0 Å². The van der Waals surface area contributed by atoms with Crippen LogP contribution in [0.25, 0.3) is 0 Å². The van der Waals surface area contributed by atoms with Gasteiger partial charge in [-0.1, -0.05) is 0 Å². The number of rotatable bonds is 0. The van der Waals surface area contributed by atoms with E-state index in [2.05, 4.69) is 0 Å². The number of nitrogens with two attached hydrogens (primary N) is 1. The van der Waals surface area contributed by atoms with E-state index >= 15 is 0 Å². The van der Waals surface area contributed by atoms with Crippen molar-refractivity contribution in [2.75, 3.05) is 12.3 Å². The fourth-order valence-corrected chi connectivity index (χ4v) is 1.42. The van der Waals surface area contributed by atoms with Crippen molar-refractivity contribution in [3.05, 3.63) is 17.2 Å². The van der Waals surface area contributed by atoms with Crippen molar-refractivity contribution in [1.82, 2.24) is 0 Å². The Morgan fingerprint density at radius 3 is 3.00 bits per heavy atom. The molecule has 4 heteroatoms. The zero-order chi connectivity index (χ0) is 9.59. The number of ketones is 1. The number of phenolic OH excluding ortho intramolecular Hbond substituents is 1. The third-order valence-electron chi connectivity index (χ3n) is 2.16. The van der Waals surface area contributed by atoms with Crippen LogP contribution in [0.5, 0.6) is 11.5 Å². The molecule has 0 amide bonds. The van der Waals surface area contributed by atoms with E-state index in [-0.39, 0.29) is 23.8 Å². The van der Waals surface area contributed by atoms with Crippen LogP contribution in [-0.2, 0) is 0 Å². The topological polar surface area (TPSA) is 72.6 Å². The number of hydrogen-bond acceptors (Lipinski definition) is 4. The second-order valence-corrected chi connectivity index (χ2v) is 3.03. The van der Waals surface area contributed by atoms with Crippen molar-refractivity contribution < 1.29 is 14.6 Å². The molecule has 0 unspecified atom stereocenters. The van der Waals surface area contributed by atoms with E-state index in [9.17, 15) is 9.90 Å². The number of carbonyl (C=O) groups excluding carboxylic acids is 1. The summed E-state index contributed by atoms with van der Waals surface area (Å²) in [7, 11) is 0. The van der Waals surface area contributed by atoms with Crippen LogP contribution in [0.15, 0.2) is 6.07 Å². The lowest BCUT2D eigenvalue weighted by Crippen LogP contribution is -1.99. The van der Waals surface area contributed by atoms with Gasteiger partial charge >= 0.3 is 0 Å². The maximum atomic E-state index is 11.2. The Morgan fingerprint density at radius 1 is 1.62 bits per heavy atom. The van der Waals surface area contributed by atoms with Gasteiger partial charge in [0.15, 0.2) is 6.61 Å². The van der Waals surface area contributed by atoms with Gasteiger partial charge in [-0.15, -0.1) is 0 Å². The third-order valence-corrected chi connectivity index (χ3v) is 2.16. The molecule has 68 valence electrons. The lowest BCUT2D eigenvalue weighted by atomic mass is 10.1. The fraction of sp³-hybridized carbons (Fsp3) is 0.222. The zero-order valence-electron chi connectivity index (χ0n) is 7.13. The quantitative estimate of drug-likeness (QED) is 0.457. The van der Waals surface area contributed by atoms with E-state index in [1.165, 1.54) is 6.07 Å². The van der Waals surface area contributed by atoms with Crippen LogP contribution < -0.4 is 10.5 Å². The highest BCUT2D eigenvalue weighted by Crippen LogP contribution is 2.38. The summed E-state index contributed by atoms with van der Waals surface area (Å²) in [6.07, 6.45) is 0. The summed E-state index contributed by atoms with van der Waals surface area (Å²) in [6, 6.07) is 1.45. The minimum absolute atomic E-state index is 0.00606. The highest BCUT2D eigenvalue weighted by Gasteiger charge is 2.25. The lowest BCUT2D eigenvalue weighted by molar-refractivity contribution is 0.0961. The summed E-state index contributed by atoms with van der Waals surface area (Å²) >= 11 is 0. The standard InChI is InChI=1S/C9H9NO3/c1-4-8(12)6(10)2-5-7(11)3-13-9(4)5/h2,12H,3,10H2,1H3. The first kappa shape index (κ1) is 7.91. The smallest absolute Gasteiger partial charge is 0.204 e. The van der Waals surface area contributed by atoms with E-state index < -0.39 is 0 Å². The molecule has 0 saturated carbocycles. The molecule has 0 radical (unpaired) electrons. The number of ether oxygens (including phenoxy) is 1. The number of Topliss-reactive ketones (excluding diaryl/α,β-unsaturated/α-hetero) is 1. The van der Waals surface area contributed by atoms with Crippen LogP contribution in [0, 0.1) is 6.92 Å². The fourth-order valence-electron chi connectivity index (χ4n) is 1.42. The molecule has 0 spiro atoms. The number of carbonyl (C=O) groups is 1. The molecule has 0 aromatic heterocycles. The Bertz CT molecular complexity index is 398. The molecule has 1 aliphatic heterocycles. The molecule has 13 heavy (non-hydrogen) atoms. The second-order valence-electron chi connectivity index (χ2n) is 3.03. The lowest BCUT2D eigenvalue weighted by Gasteiger charge is -2.06. The van der Waals surface area contributed by atoms with Crippen LogP contribution in [0.2, 0.25) is 0 Å². The van der Waals surface area contributed by atoms with Crippen LogP contribution in [0.1, 0.15) is 15.9 Å². The van der Waals surface area contributed by atoms with Crippen molar-refractivity contribution in [2.45, 2.75) is 6.92 Å². The van der Waals surface area contributed by atoms with Gasteiger partial charge in [0.2, 0.25) is 5.78 Å². The normalized spacial score (nSPS) is 14.1. The predicted molar refractivity (Wildman–Crippen MR) is 47.1 cm³/mol. The molecule has 0 saturated heterocycles. The van der Waals surface area contributed by atoms with E-state index in [4.69, 9.17) is 10.5 Å². The van der Waals surface area contributed by atoms with E-state index in [1.54, 1.807) is 6.92 Å². The number of benzene rings is 1. The maximum absolute atomic E-state index is 11.2. The monoisotopic (exact) mass is 179 g/mol. The van der Waals surface area contributed by atoms with Gasteiger partial charge in [-0.25, -0.2) is 0 Å². The number of phenols is 1. The van der Waals surface area contributed by atoms with Crippen LogP contribution in [0.4, 0.5) is 5.69 Å². The Morgan fingerprint density at radius 2 is 2.31 bits per heavy atom. The molecule has 0 bridgehead atoms. The molecule has 0 fully saturated rings. The average molecular weight is 179 g/mol. The van der Waals surface area contributed by atoms with Gasteiger partial charge < -0.3 is 15.6 Å². The van der Waals surface area contributed by atoms with Gasteiger partial charge in [-0.05, 0) is 13.0 Å². The maximum Gasteiger partial charge on any atom is 0.204 e. The Kier molecular flexibility index (Phi) is 1.45. The molecule has 1 aliphatic rings. The summed E-state index contributed by atoms with van der Waals surface area (Å²) in [6.45, 7) is 1.71. The molecule has 2 rings (SSSR count). The summed E-state index contributed by atoms with van der Waals surface area (Å²) in [5.41, 5.74) is 6.71. The molecule has 4 nitrogen and oxygen atoms in total. The summed E-state index contributed by atoms with van der Waals surface area (Å²) < 4.78 is 5.11. The summed E-state index contributed by atoms with van der Waals surface area (Å²) in [4.78, 5) is 11.2. The van der Waals surface area contributed by atoms with Gasteiger partial charge in [-0.3, -0.25) is 4.79 Å².